The Morgan fingerprint density at radius 1 is 1.21 bits per heavy atom. The molecule has 106 valence electrons. The fraction of sp³-hybridized carbons (Fsp3) is 0.867. The minimum absolute atomic E-state index is 0.0754. The van der Waals surface area contributed by atoms with Crippen LogP contribution in [-0.4, -0.2) is 37.1 Å². The van der Waals surface area contributed by atoms with Crippen LogP contribution in [0.15, 0.2) is 0 Å². The van der Waals surface area contributed by atoms with Gasteiger partial charge in [-0.3, -0.25) is 4.79 Å². The van der Waals surface area contributed by atoms with E-state index in [1.165, 1.54) is 0 Å². The summed E-state index contributed by atoms with van der Waals surface area (Å²) in [7, 11) is 1.73. The molecule has 1 saturated carbocycles. The summed E-state index contributed by atoms with van der Waals surface area (Å²) in [5, 5.41) is 9.54. The molecule has 4 heteroatoms. The molecule has 2 aliphatic rings. The predicted octanol–water partition coefficient (Wildman–Crippen LogP) is 2.49. The largest absolute Gasteiger partial charge is 0.381 e. The summed E-state index contributed by atoms with van der Waals surface area (Å²) >= 11 is 0. The minimum Gasteiger partial charge on any atom is -0.381 e. The van der Waals surface area contributed by atoms with Gasteiger partial charge in [0.25, 0.3) is 0 Å². The fourth-order valence-corrected chi connectivity index (χ4v) is 3.30. The molecule has 19 heavy (non-hydrogen) atoms. The van der Waals surface area contributed by atoms with E-state index in [0.717, 1.165) is 64.5 Å². The van der Waals surface area contributed by atoms with E-state index in [0.29, 0.717) is 0 Å². The van der Waals surface area contributed by atoms with Crippen LogP contribution in [0.4, 0.5) is 0 Å². The number of hydrogen-bond donors (Lipinski definition) is 0. The van der Waals surface area contributed by atoms with Gasteiger partial charge in [0.1, 0.15) is 5.41 Å². The maximum Gasteiger partial charge on any atom is 0.243 e. The van der Waals surface area contributed by atoms with E-state index in [1.54, 1.807) is 7.11 Å². The van der Waals surface area contributed by atoms with Gasteiger partial charge in [-0.25, -0.2) is 0 Å². The van der Waals surface area contributed by atoms with Crippen molar-refractivity contribution in [3.8, 4) is 6.07 Å². The van der Waals surface area contributed by atoms with Gasteiger partial charge >= 0.3 is 0 Å². The van der Waals surface area contributed by atoms with E-state index < -0.39 is 5.41 Å². The lowest BCUT2D eigenvalue weighted by atomic mass is 9.80. The zero-order valence-electron chi connectivity index (χ0n) is 11.9. The van der Waals surface area contributed by atoms with Gasteiger partial charge in [0.05, 0.1) is 12.2 Å². The van der Waals surface area contributed by atoms with Crippen LogP contribution in [0.2, 0.25) is 0 Å². The van der Waals surface area contributed by atoms with E-state index in [9.17, 15) is 10.1 Å². The molecule has 2 rings (SSSR count). The number of hydrogen-bond acceptors (Lipinski definition) is 3. The Kier molecular flexibility index (Phi) is 4.81. The second kappa shape index (κ2) is 6.38. The Bertz CT molecular complexity index is 346. The van der Waals surface area contributed by atoms with Gasteiger partial charge < -0.3 is 9.64 Å². The van der Waals surface area contributed by atoms with Crippen LogP contribution in [0.5, 0.6) is 0 Å². The SMILES string of the molecule is COC1CCN(C(=O)C2(C#N)CCCCCC2)CC1. The predicted molar refractivity (Wildman–Crippen MR) is 72.4 cm³/mol. The summed E-state index contributed by atoms with van der Waals surface area (Å²) in [5.74, 6) is 0.0754. The summed E-state index contributed by atoms with van der Waals surface area (Å²) < 4.78 is 5.33. The lowest BCUT2D eigenvalue weighted by molar-refractivity contribution is -0.142. The van der Waals surface area contributed by atoms with Crippen LogP contribution in [0, 0.1) is 16.7 Å². The van der Waals surface area contributed by atoms with Crippen LogP contribution >= 0.6 is 0 Å². The van der Waals surface area contributed by atoms with Crippen LogP contribution < -0.4 is 0 Å². The van der Waals surface area contributed by atoms with Gasteiger partial charge in [0, 0.05) is 20.2 Å². The number of carbonyl (C=O) groups is 1. The summed E-state index contributed by atoms with van der Waals surface area (Å²) in [5.41, 5.74) is -0.740. The van der Waals surface area contributed by atoms with Crippen LogP contribution in [0.3, 0.4) is 0 Å². The molecule has 0 spiro atoms. The quantitative estimate of drug-likeness (QED) is 0.720. The average Bonchev–Trinajstić information content (AvgIpc) is 2.73. The van der Waals surface area contributed by atoms with Gasteiger partial charge in [-0.05, 0) is 25.7 Å². The van der Waals surface area contributed by atoms with Gasteiger partial charge in [0.2, 0.25) is 5.91 Å². The molecule has 0 bridgehead atoms. The number of methoxy groups -OCH3 is 1. The van der Waals surface area contributed by atoms with Crippen molar-refractivity contribution in [3.63, 3.8) is 0 Å². The Hall–Kier alpha value is -1.08. The van der Waals surface area contributed by atoms with Crippen LogP contribution in [0.1, 0.15) is 51.4 Å². The first-order chi connectivity index (χ1) is 9.22. The number of nitriles is 1. The Morgan fingerprint density at radius 3 is 2.26 bits per heavy atom. The zero-order valence-corrected chi connectivity index (χ0v) is 11.9. The summed E-state index contributed by atoms with van der Waals surface area (Å²) in [6, 6.07) is 2.36. The molecule has 0 unspecified atom stereocenters. The van der Waals surface area contributed by atoms with Gasteiger partial charge in [-0.15, -0.1) is 0 Å². The molecule has 1 saturated heterocycles. The molecule has 0 N–H and O–H groups in total. The molecular weight excluding hydrogens is 240 g/mol. The Balaban J connectivity index is 2.02. The first kappa shape index (κ1) is 14.3. The highest BCUT2D eigenvalue weighted by Crippen LogP contribution is 2.37. The van der Waals surface area contributed by atoms with Gasteiger partial charge in [-0.1, -0.05) is 25.7 Å². The van der Waals surface area contributed by atoms with E-state index in [-0.39, 0.29) is 12.0 Å². The van der Waals surface area contributed by atoms with Crippen molar-refractivity contribution in [2.75, 3.05) is 20.2 Å². The third-order valence-electron chi connectivity index (χ3n) is 4.64. The van der Waals surface area contributed by atoms with Crippen LogP contribution in [0.25, 0.3) is 0 Å². The second-order valence-electron chi connectivity index (χ2n) is 5.84. The molecule has 4 nitrogen and oxygen atoms in total. The van der Waals surface area contributed by atoms with E-state index >= 15 is 0 Å². The highest BCUT2D eigenvalue weighted by Gasteiger charge is 2.42. The zero-order chi connectivity index (χ0) is 13.7. The van der Waals surface area contributed by atoms with Crippen molar-refractivity contribution >= 4 is 5.91 Å². The molecule has 1 amide bonds. The number of likely N-dealkylation sites (tertiary alicyclic amines) is 1. The van der Waals surface area contributed by atoms with Crippen molar-refractivity contribution in [2.45, 2.75) is 57.5 Å². The molecule has 1 aliphatic heterocycles. The maximum absolute atomic E-state index is 12.7. The highest BCUT2D eigenvalue weighted by atomic mass is 16.5. The van der Waals surface area contributed by atoms with Crippen molar-refractivity contribution in [1.82, 2.24) is 4.90 Å². The first-order valence-corrected chi connectivity index (χ1v) is 7.45. The van der Waals surface area contributed by atoms with Crippen molar-refractivity contribution in [1.29, 1.82) is 5.26 Å². The summed E-state index contributed by atoms with van der Waals surface area (Å²) in [6.45, 7) is 1.47. The molecule has 0 aromatic carbocycles. The number of rotatable bonds is 2. The van der Waals surface area contributed by atoms with Crippen molar-refractivity contribution in [3.05, 3.63) is 0 Å². The number of ether oxygens (including phenoxy) is 1. The summed E-state index contributed by atoms with van der Waals surface area (Å²) in [6.07, 6.45) is 7.87. The third kappa shape index (κ3) is 3.09. The number of carbonyl (C=O) groups excluding carboxylic acids is 1. The lowest BCUT2D eigenvalue weighted by Crippen LogP contribution is -2.47. The normalized spacial score (nSPS) is 24.5. The molecule has 1 heterocycles. The third-order valence-corrected chi connectivity index (χ3v) is 4.64. The number of piperidine rings is 1. The Labute approximate surface area is 115 Å². The Morgan fingerprint density at radius 2 is 1.79 bits per heavy atom. The fourth-order valence-electron chi connectivity index (χ4n) is 3.30. The first-order valence-electron chi connectivity index (χ1n) is 7.45. The standard InChI is InChI=1S/C15H24N2O2/c1-19-13-6-10-17(11-7-13)14(18)15(12-16)8-4-2-3-5-9-15/h13H,2-11H2,1H3. The van der Waals surface area contributed by atoms with E-state index in [4.69, 9.17) is 4.74 Å². The highest BCUT2D eigenvalue weighted by molar-refractivity contribution is 5.85. The molecule has 2 fully saturated rings. The van der Waals surface area contributed by atoms with E-state index in [2.05, 4.69) is 6.07 Å². The molecule has 0 aromatic rings. The minimum atomic E-state index is -0.740. The lowest BCUT2D eigenvalue weighted by Gasteiger charge is -2.36. The monoisotopic (exact) mass is 264 g/mol. The van der Waals surface area contributed by atoms with E-state index in [1.807, 2.05) is 4.90 Å². The topological polar surface area (TPSA) is 53.3 Å². The molecule has 0 aromatic heterocycles. The second-order valence-corrected chi connectivity index (χ2v) is 5.84. The maximum atomic E-state index is 12.7. The van der Waals surface area contributed by atoms with Crippen molar-refractivity contribution in [2.24, 2.45) is 5.41 Å². The van der Waals surface area contributed by atoms with Gasteiger partial charge in [-0.2, -0.15) is 5.26 Å². The summed E-state index contributed by atoms with van der Waals surface area (Å²) in [4.78, 5) is 14.6. The molecule has 0 atom stereocenters. The smallest absolute Gasteiger partial charge is 0.243 e. The van der Waals surface area contributed by atoms with Crippen LogP contribution in [-0.2, 0) is 9.53 Å². The van der Waals surface area contributed by atoms with Crippen molar-refractivity contribution < 1.29 is 9.53 Å². The molecule has 1 aliphatic carbocycles. The number of nitrogens with zero attached hydrogens (tertiary/aromatic N) is 2. The molecule has 0 radical (unpaired) electrons. The molecular formula is C15H24N2O2. The average molecular weight is 264 g/mol. The van der Waals surface area contributed by atoms with Gasteiger partial charge in [0.15, 0.2) is 0 Å². The number of amides is 1.